The molecule has 3 aromatic rings. The minimum Gasteiger partial charge on any atom is -0.484 e. The molecule has 1 aromatic heterocycles. The number of benzene rings is 2. The van der Waals surface area contributed by atoms with E-state index in [4.69, 9.17) is 32.4 Å². The van der Waals surface area contributed by atoms with Crippen molar-refractivity contribution in [3.63, 3.8) is 0 Å². The standard InChI is InChI=1S/C19H16Cl2N2O5S/c1-22-29(25,26)15-6-3-13(4-7-15)23-19(24)18-9-5-14(28-18)11-27-17-8-2-12(20)10-16(17)21/h2-10,22H,11H2,1H3,(H,23,24). The molecule has 2 aromatic carbocycles. The van der Waals surface area contributed by atoms with Gasteiger partial charge >= 0.3 is 0 Å². The van der Waals surface area contributed by atoms with Crippen molar-refractivity contribution in [2.75, 3.05) is 12.4 Å². The summed E-state index contributed by atoms with van der Waals surface area (Å²) in [6.45, 7) is 0.0746. The number of ether oxygens (including phenoxy) is 1. The fourth-order valence-corrected chi connectivity index (χ4v) is 3.54. The molecule has 0 saturated heterocycles. The van der Waals surface area contributed by atoms with Crippen LogP contribution in [0.2, 0.25) is 10.0 Å². The Balaban J connectivity index is 1.62. The van der Waals surface area contributed by atoms with Gasteiger partial charge in [-0.3, -0.25) is 4.79 Å². The van der Waals surface area contributed by atoms with Gasteiger partial charge in [0, 0.05) is 10.7 Å². The van der Waals surface area contributed by atoms with Crippen molar-refractivity contribution >= 4 is 44.8 Å². The van der Waals surface area contributed by atoms with Gasteiger partial charge in [-0.1, -0.05) is 23.2 Å². The van der Waals surface area contributed by atoms with Gasteiger partial charge in [0.15, 0.2) is 5.76 Å². The second-order valence-electron chi connectivity index (χ2n) is 5.82. The van der Waals surface area contributed by atoms with Gasteiger partial charge in [-0.25, -0.2) is 13.1 Å². The van der Waals surface area contributed by atoms with Crippen molar-refractivity contribution in [3.8, 4) is 5.75 Å². The molecule has 0 aliphatic carbocycles. The topological polar surface area (TPSA) is 97.6 Å². The van der Waals surface area contributed by atoms with E-state index < -0.39 is 15.9 Å². The SMILES string of the molecule is CNS(=O)(=O)c1ccc(NC(=O)c2ccc(COc3ccc(Cl)cc3Cl)o2)cc1. The first kappa shape index (κ1) is 21.2. The number of nitrogens with one attached hydrogen (secondary N) is 2. The molecule has 7 nitrogen and oxygen atoms in total. The van der Waals surface area contributed by atoms with E-state index in [1.165, 1.54) is 37.4 Å². The maximum atomic E-state index is 12.3. The first-order valence-corrected chi connectivity index (χ1v) is 10.5. The smallest absolute Gasteiger partial charge is 0.291 e. The first-order valence-electron chi connectivity index (χ1n) is 8.30. The van der Waals surface area contributed by atoms with Crippen LogP contribution in [-0.2, 0) is 16.6 Å². The van der Waals surface area contributed by atoms with Crippen LogP contribution >= 0.6 is 23.2 Å². The van der Waals surface area contributed by atoms with Crippen LogP contribution in [-0.4, -0.2) is 21.4 Å². The third-order valence-corrected chi connectivity index (χ3v) is 5.80. The lowest BCUT2D eigenvalue weighted by Gasteiger charge is -2.07. The molecular weight excluding hydrogens is 439 g/mol. The number of halogens is 2. The van der Waals surface area contributed by atoms with Gasteiger partial charge in [-0.15, -0.1) is 0 Å². The third kappa shape index (κ3) is 5.30. The van der Waals surface area contributed by atoms with E-state index in [0.717, 1.165) is 0 Å². The van der Waals surface area contributed by atoms with Crippen LogP contribution in [0.15, 0.2) is 63.9 Å². The summed E-state index contributed by atoms with van der Waals surface area (Å²) in [5, 5.41) is 3.50. The van der Waals surface area contributed by atoms with Gasteiger partial charge in [-0.05, 0) is 61.6 Å². The van der Waals surface area contributed by atoms with Crippen LogP contribution in [0.5, 0.6) is 5.75 Å². The van der Waals surface area contributed by atoms with Gasteiger partial charge in [-0.2, -0.15) is 0 Å². The lowest BCUT2D eigenvalue weighted by molar-refractivity contribution is 0.0992. The Morgan fingerprint density at radius 2 is 1.79 bits per heavy atom. The predicted octanol–water partition coefficient (Wildman–Crippen LogP) is 4.33. The normalized spacial score (nSPS) is 11.3. The number of furan rings is 1. The van der Waals surface area contributed by atoms with Crippen LogP contribution in [0.1, 0.15) is 16.3 Å². The Labute approximate surface area is 177 Å². The molecule has 0 bridgehead atoms. The monoisotopic (exact) mass is 454 g/mol. The van der Waals surface area contributed by atoms with Gasteiger partial charge in [0.1, 0.15) is 18.1 Å². The number of anilines is 1. The second-order valence-corrected chi connectivity index (χ2v) is 8.55. The molecule has 0 saturated carbocycles. The Kier molecular flexibility index (Phi) is 6.49. The summed E-state index contributed by atoms with van der Waals surface area (Å²) in [7, 11) is -2.22. The van der Waals surface area contributed by atoms with Crippen molar-refractivity contribution in [1.29, 1.82) is 0 Å². The van der Waals surface area contributed by atoms with Crippen LogP contribution in [0.25, 0.3) is 0 Å². The van der Waals surface area contributed by atoms with Crippen molar-refractivity contribution in [1.82, 2.24) is 4.72 Å². The Hall–Kier alpha value is -2.52. The highest BCUT2D eigenvalue weighted by Gasteiger charge is 2.14. The van der Waals surface area contributed by atoms with Crippen molar-refractivity contribution < 1.29 is 22.4 Å². The Morgan fingerprint density at radius 1 is 1.07 bits per heavy atom. The molecule has 0 fully saturated rings. The molecule has 0 atom stereocenters. The highest BCUT2D eigenvalue weighted by atomic mass is 35.5. The van der Waals surface area contributed by atoms with Crippen LogP contribution in [0.4, 0.5) is 5.69 Å². The highest BCUT2D eigenvalue weighted by molar-refractivity contribution is 7.89. The summed E-state index contributed by atoms with van der Waals surface area (Å²) in [5.74, 6) is 0.467. The number of carbonyl (C=O) groups is 1. The van der Waals surface area contributed by atoms with E-state index in [1.807, 2.05) is 0 Å². The van der Waals surface area contributed by atoms with E-state index >= 15 is 0 Å². The average molecular weight is 455 g/mol. The number of sulfonamides is 1. The fourth-order valence-electron chi connectivity index (χ4n) is 2.35. The molecule has 0 unspecified atom stereocenters. The van der Waals surface area contributed by atoms with E-state index in [2.05, 4.69) is 10.0 Å². The van der Waals surface area contributed by atoms with E-state index in [0.29, 0.717) is 27.2 Å². The molecule has 10 heteroatoms. The van der Waals surface area contributed by atoms with Gasteiger partial charge in [0.2, 0.25) is 10.0 Å². The lowest BCUT2D eigenvalue weighted by atomic mass is 10.3. The molecule has 1 heterocycles. The summed E-state index contributed by atoms with van der Waals surface area (Å²) in [4.78, 5) is 12.4. The van der Waals surface area contributed by atoms with Crippen LogP contribution < -0.4 is 14.8 Å². The molecule has 1 amide bonds. The summed E-state index contributed by atoms with van der Waals surface area (Å²) < 4.78 is 36.7. The summed E-state index contributed by atoms with van der Waals surface area (Å²) >= 11 is 11.9. The number of hydrogen-bond acceptors (Lipinski definition) is 5. The van der Waals surface area contributed by atoms with Crippen molar-refractivity contribution in [2.45, 2.75) is 11.5 Å². The van der Waals surface area contributed by atoms with Crippen LogP contribution in [0.3, 0.4) is 0 Å². The number of amides is 1. The maximum Gasteiger partial charge on any atom is 0.291 e. The number of rotatable bonds is 7. The molecule has 0 aliphatic heterocycles. The Morgan fingerprint density at radius 3 is 2.45 bits per heavy atom. The van der Waals surface area contributed by atoms with Gasteiger partial charge in [0.05, 0.1) is 9.92 Å². The van der Waals surface area contributed by atoms with Crippen molar-refractivity contribution in [3.05, 3.63) is 76.2 Å². The average Bonchev–Trinajstić information content (AvgIpc) is 3.17. The zero-order valence-electron chi connectivity index (χ0n) is 15.1. The number of carbonyl (C=O) groups excluding carboxylic acids is 1. The van der Waals surface area contributed by atoms with E-state index in [-0.39, 0.29) is 17.3 Å². The number of hydrogen-bond donors (Lipinski definition) is 2. The van der Waals surface area contributed by atoms with E-state index in [9.17, 15) is 13.2 Å². The minimum absolute atomic E-state index is 0.0746. The molecule has 29 heavy (non-hydrogen) atoms. The Bertz CT molecular complexity index is 1130. The fraction of sp³-hybridized carbons (Fsp3) is 0.105. The zero-order chi connectivity index (χ0) is 21.0. The lowest BCUT2D eigenvalue weighted by Crippen LogP contribution is -2.18. The van der Waals surface area contributed by atoms with Crippen LogP contribution in [0, 0.1) is 0 Å². The zero-order valence-corrected chi connectivity index (χ0v) is 17.4. The summed E-state index contributed by atoms with van der Waals surface area (Å²) in [5.41, 5.74) is 0.423. The van der Waals surface area contributed by atoms with Gasteiger partial charge < -0.3 is 14.5 Å². The summed E-state index contributed by atoms with van der Waals surface area (Å²) in [6.07, 6.45) is 0. The molecule has 0 radical (unpaired) electrons. The molecule has 152 valence electrons. The largest absolute Gasteiger partial charge is 0.484 e. The van der Waals surface area contributed by atoms with E-state index in [1.54, 1.807) is 24.3 Å². The summed E-state index contributed by atoms with van der Waals surface area (Å²) in [6, 6.07) is 13.7. The molecular formula is C19H16Cl2N2O5S. The highest BCUT2D eigenvalue weighted by Crippen LogP contribution is 2.28. The first-order chi connectivity index (χ1) is 13.8. The molecule has 0 aliphatic rings. The maximum absolute atomic E-state index is 12.3. The molecule has 3 rings (SSSR count). The quantitative estimate of drug-likeness (QED) is 0.553. The third-order valence-electron chi connectivity index (χ3n) is 3.84. The van der Waals surface area contributed by atoms with Gasteiger partial charge in [0.25, 0.3) is 5.91 Å². The molecule has 0 spiro atoms. The minimum atomic E-state index is -3.54. The molecule has 2 N–H and O–H groups in total. The van der Waals surface area contributed by atoms with Crippen molar-refractivity contribution in [2.24, 2.45) is 0 Å². The predicted molar refractivity (Wildman–Crippen MR) is 110 cm³/mol. The second kappa shape index (κ2) is 8.87.